The van der Waals surface area contributed by atoms with Crippen molar-refractivity contribution in [2.45, 2.75) is 13.3 Å². The number of phenolic OH excluding ortho intramolecular Hbond substituents is 2. The minimum absolute atomic E-state index is 0.191. The van der Waals surface area contributed by atoms with Crippen molar-refractivity contribution in [2.24, 2.45) is 5.92 Å². The second-order valence-corrected chi connectivity index (χ2v) is 5.83. The van der Waals surface area contributed by atoms with Gasteiger partial charge in [-0.1, -0.05) is 42.3 Å². The van der Waals surface area contributed by atoms with Crippen molar-refractivity contribution >= 4 is 34.8 Å². The van der Waals surface area contributed by atoms with Crippen LogP contribution in [0.4, 0.5) is 5.69 Å². The van der Waals surface area contributed by atoms with Gasteiger partial charge in [0.1, 0.15) is 0 Å². The summed E-state index contributed by atoms with van der Waals surface area (Å²) in [6.07, 6.45) is 0.405. The van der Waals surface area contributed by atoms with Crippen molar-refractivity contribution in [3.05, 3.63) is 52.0 Å². The number of phenols is 2. The van der Waals surface area contributed by atoms with Gasteiger partial charge in [0, 0.05) is 5.92 Å². The molecule has 0 heterocycles. The second kappa shape index (κ2) is 6.90. The number of halogens is 2. The standard InChI is InChI=1S/C16H15Cl2NO3/c1-9(7-10-5-6-13(20)14(21)8-10)16(22)19-15-11(17)3-2-4-12(15)18/h2-6,8-9,20-21H,7H2,1H3,(H,19,22). The molecule has 0 aliphatic rings. The van der Waals surface area contributed by atoms with Gasteiger partial charge < -0.3 is 15.5 Å². The van der Waals surface area contributed by atoms with Gasteiger partial charge in [-0.15, -0.1) is 0 Å². The number of carbonyl (C=O) groups is 1. The van der Waals surface area contributed by atoms with Crippen LogP contribution >= 0.6 is 23.2 Å². The number of rotatable bonds is 4. The molecule has 0 aromatic heterocycles. The minimum atomic E-state index is -0.365. The fourth-order valence-corrected chi connectivity index (χ4v) is 2.50. The Kier molecular flexibility index (Phi) is 5.16. The highest BCUT2D eigenvalue weighted by atomic mass is 35.5. The molecule has 2 aromatic carbocycles. The number of benzene rings is 2. The molecule has 0 aliphatic heterocycles. The summed E-state index contributed by atoms with van der Waals surface area (Å²) >= 11 is 12.0. The van der Waals surface area contributed by atoms with Crippen molar-refractivity contribution in [1.29, 1.82) is 0 Å². The van der Waals surface area contributed by atoms with Gasteiger partial charge in [0.2, 0.25) is 5.91 Å². The first-order chi connectivity index (χ1) is 10.4. The minimum Gasteiger partial charge on any atom is -0.504 e. The Balaban J connectivity index is 2.07. The molecule has 2 rings (SSSR count). The zero-order valence-corrected chi connectivity index (χ0v) is 13.3. The third kappa shape index (κ3) is 3.84. The molecule has 22 heavy (non-hydrogen) atoms. The maximum Gasteiger partial charge on any atom is 0.227 e. The molecule has 1 atom stereocenters. The predicted octanol–water partition coefficient (Wildman–Crippen LogP) is 4.22. The van der Waals surface area contributed by atoms with Crippen molar-refractivity contribution in [2.75, 3.05) is 5.32 Å². The SMILES string of the molecule is CC(Cc1ccc(O)c(O)c1)C(=O)Nc1c(Cl)cccc1Cl. The smallest absolute Gasteiger partial charge is 0.227 e. The molecule has 1 unspecified atom stereocenters. The van der Waals surface area contributed by atoms with E-state index >= 15 is 0 Å². The van der Waals surface area contributed by atoms with E-state index in [1.54, 1.807) is 31.2 Å². The molecule has 3 N–H and O–H groups in total. The van der Waals surface area contributed by atoms with Gasteiger partial charge in [-0.25, -0.2) is 0 Å². The van der Waals surface area contributed by atoms with Crippen molar-refractivity contribution < 1.29 is 15.0 Å². The van der Waals surface area contributed by atoms with E-state index in [4.69, 9.17) is 23.2 Å². The van der Waals surface area contributed by atoms with Gasteiger partial charge in [0.05, 0.1) is 15.7 Å². The zero-order valence-electron chi connectivity index (χ0n) is 11.8. The summed E-state index contributed by atoms with van der Waals surface area (Å²) in [5.41, 5.74) is 1.12. The third-order valence-electron chi connectivity index (χ3n) is 3.24. The van der Waals surface area contributed by atoms with E-state index in [0.29, 0.717) is 22.2 Å². The van der Waals surface area contributed by atoms with E-state index < -0.39 is 0 Å². The average Bonchev–Trinajstić information content (AvgIpc) is 2.46. The Morgan fingerprint density at radius 3 is 2.36 bits per heavy atom. The molecule has 116 valence electrons. The van der Waals surface area contributed by atoms with Crippen LogP contribution in [-0.2, 0) is 11.2 Å². The van der Waals surface area contributed by atoms with E-state index in [1.165, 1.54) is 12.1 Å². The molecule has 0 saturated carbocycles. The molecule has 0 radical (unpaired) electrons. The monoisotopic (exact) mass is 339 g/mol. The molecule has 2 aromatic rings. The maximum atomic E-state index is 12.2. The molecular weight excluding hydrogens is 325 g/mol. The van der Waals surface area contributed by atoms with Gasteiger partial charge in [0.25, 0.3) is 0 Å². The van der Waals surface area contributed by atoms with Gasteiger partial charge in [0.15, 0.2) is 11.5 Å². The number of para-hydroxylation sites is 1. The van der Waals surface area contributed by atoms with Crippen molar-refractivity contribution in [3.63, 3.8) is 0 Å². The Labute approximate surface area is 138 Å². The summed E-state index contributed by atoms with van der Waals surface area (Å²) in [4.78, 5) is 12.2. The van der Waals surface area contributed by atoms with Crippen LogP contribution < -0.4 is 5.32 Å². The molecular formula is C16H15Cl2NO3. The van der Waals surface area contributed by atoms with E-state index in [1.807, 2.05) is 0 Å². The van der Waals surface area contributed by atoms with Gasteiger partial charge in [-0.05, 0) is 36.2 Å². The first kappa shape index (κ1) is 16.5. The van der Waals surface area contributed by atoms with Gasteiger partial charge in [-0.3, -0.25) is 4.79 Å². The van der Waals surface area contributed by atoms with Crippen LogP contribution in [0.1, 0.15) is 12.5 Å². The highest BCUT2D eigenvalue weighted by Gasteiger charge is 2.17. The quantitative estimate of drug-likeness (QED) is 0.730. The molecule has 0 bridgehead atoms. The molecule has 6 heteroatoms. The summed E-state index contributed by atoms with van der Waals surface area (Å²) in [7, 11) is 0. The van der Waals surface area contributed by atoms with Crippen LogP contribution in [0.15, 0.2) is 36.4 Å². The number of carbonyl (C=O) groups excluding carboxylic acids is 1. The van der Waals surface area contributed by atoms with Gasteiger partial charge in [-0.2, -0.15) is 0 Å². The van der Waals surface area contributed by atoms with Crippen LogP contribution in [0.3, 0.4) is 0 Å². The Hall–Kier alpha value is -1.91. The van der Waals surface area contributed by atoms with Crippen LogP contribution in [-0.4, -0.2) is 16.1 Å². The summed E-state index contributed by atoms with van der Waals surface area (Å²) in [6.45, 7) is 1.75. The van der Waals surface area contributed by atoms with Crippen molar-refractivity contribution in [3.8, 4) is 11.5 Å². The lowest BCUT2D eigenvalue weighted by Crippen LogP contribution is -2.22. The van der Waals surface area contributed by atoms with E-state index in [2.05, 4.69) is 5.32 Å². The number of aromatic hydroxyl groups is 2. The molecule has 0 aliphatic carbocycles. The lowest BCUT2D eigenvalue weighted by Gasteiger charge is -2.14. The molecule has 0 saturated heterocycles. The van der Waals surface area contributed by atoms with Gasteiger partial charge >= 0.3 is 0 Å². The number of nitrogens with one attached hydrogen (secondary N) is 1. The largest absolute Gasteiger partial charge is 0.504 e. The Morgan fingerprint density at radius 1 is 1.14 bits per heavy atom. The summed E-state index contributed by atoms with van der Waals surface area (Å²) in [6, 6.07) is 9.46. The number of amides is 1. The number of hydrogen-bond donors (Lipinski definition) is 3. The predicted molar refractivity (Wildman–Crippen MR) is 87.7 cm³/mol. The van der Waals surface area contributed by atoms with E-state index in [-0.39, 0.29) is 23.3 Å². The number of anilines is 1. The van der Waals surface area contributed by atoms with Crippen LogP contribution in [0.2, 0.25) is 10.0 Å². The fraction of sp³-hybridized carbons (Fsp3) is 0.188. The fourth-order valence-electron chi connectivity index (χ4n) is 2.01. The molecule has 0 fully saturated rings. The third-order valence-corrected chi connectivity index (χ3v) is 3.87. The number of hydrogen-bond acceptors (Lipinski definition) is 3. The molecule has 0 spiro atoms. The average molecular weight is 340 g/mol. The summed E-state index contributed by atoms with van der Waals surface area (Å²) in [5.74, 6) is -0.998. The van der Waals surface area contributed by atoms with Crippen LogP contribution in [0, 0.1) is 5.92 Å². The zero-order chi connectivity index (χ0) is 16.3. The molecule has 4 nitrogen and oxygen atoms in total. The second-order valence-electron chi connectivity index (χ2n) is 5.01. The summed E-state index contributed by atoms with van der Waals surface area (Å²) in [5, 5.41) is 22.2. The highest BCUT2D eigenvalue weighted by Crippen LogP contribution is 2.31. The first-order valence-electron chi connectivity index (χ1n) is 6.64. The highest BCUT2D eigenvalue weighted by molar-refractivity contribution is 6.39. The molecule has 1 amide bonds. The van der Waals surface area contributed by atoms with Crippen LogP contribution in [0.5, 0.6) is 11.5 Å². The Bertz CT molecular complexity index is 684. The summed E-state index contributed by atoms with van der Waals surface area (Å²) < 4.78 is 0. The Morgan fingerprint density at radius 2 is 1.77 bits per heavy atom. The van der Waals surface area contributed by atoms with Crippen molar-refractivity contribution in [1.82, 2.24) is 0 Å². The van der Waals surface area contributed by atoms with E-state index in [9.17, 15) is 15.0 Å². The van der Waals surface area contributed by atoms with Crippen LogP contribution in [0.25, 0.3) is 0 Å². The lowest BCUT2D eigenvalue weighted by atomic mass is 10.00. The topological polar surface area (TPSA) is 69.6 Å². The van der Waals surface area contributed by atoms with E-state index in [0.717, 1.165) is 5.56 Å². The normalized spacial score (nSPS) is 12.0. The lowest BCUT2D eigenvalue weighted by molar-refractivity contribution is -0.119. The maximum absolute atomic E-state index is 12.2. The first-order valence-corrected chi connectivity index (χ1v) is 7.40.